The summed E-state index contributed by atoms with van der Waals surface area (Å²) in [6, 6.07) is 11.9. The number of hydrogen-bond acceptors (Lipinski definition) is 6. The second-order valence-corrected chi connectivity index (χ2v) is 5.15. The van der Waals surface area contributed by atoms with Crippen LogP contribution in [0.15, 0.2) is 42.5 Å². The van der Waals surface area contributed by atoms with E-state index in [1.54, 1.807) is 42.5 Å². The summed E-state index contributed by atoms with van der Waals surface area (Å²) in [6.07, 6.45) is 0.0273. The standard InChI is InChI=1S/C19H20O6/c1-22-16-7-5-4-6-14(16)15(20)12-25-19(21)11-13-8-9-17(23-2)18(10-13)24-3/h4-10H,11-12H2,1-3H3. The minimum atomic E-state index is -0.504. The molecule has 0 aliphatic heterocycles. The molecule has 0 unspecified atom stereocenters. The zero-order chi connectivity index (χ0) is 18.2. The van der Waals surface area contributed by atoms with Crippen molar-refractivity contribution in [3.63, 3.8) is 0 Å². The second-order valence-electron chi connectivity index (χ2n) is 5.15. The summed E-state index contributed by atoms with van der Waals surface area (Å²) < 4.78 is 20.5. The number of esters is 1. The number of benzene rings is 2. The predicted octanol–water partition coefficient (Wildman–Crippen LogP) is 2.68. The summed E-state index contributed by atoms with van der Waals surface area (Å²) in [7, 11) is 4.54. The van der Waals surface area contributed by atoms with E-state index in [9.17, 15) is 9.59 Å². The number of Topliss-reactive ketones (excluding diaryl/α,β-unsaturated/α-hetero) is 1. The van der Waals surface area contributed by atoms with E-state index < -0.39 is 5.97 Å². The summed E-state index contributed by atoms with van der Waals surface area (Å²) in [4.78, 5) is 24.2. The predicted molar refractivity (Wildman–Crippen MR) is 91.5 cm³/mol. The van der Waals surface area contributed by atoms with E-state index in [4.69, 9.17) is 18.9 Å². The average molecular weight is 344 g/mol. The molecule has 2 aromatic carbocycles. The first-order valence-electron chi connectivity index (χ1n) is 7.61. The maximum absolute atomic E-state index is 12.2. The molecule has 0 radical (unpaired) electrons. The molecule has 0 aromatic heterocycles. The smallest absolute Gasteiger partial charge is 0.310 e. The zero-order valence-electron chi connectivity index (χ0n) is 14.4. The highest BCUT2D eigenvalue weighted by molar-refractivity contribution is 6.00. The Morgan fingerprint density at radius 1 is 0.840 bits per heavy atom. The molecule has 0 fully saturated rings. The Labute approximate surface area is 146 Å². The fourth-order valence-electron chi connectivity index (χ4n) is 2.31. The van der Waals surface area contributed by atoms with E-state index in [0.29, 0.717) is 28.4 Å². The molecule has 0 spiro atoms. The second kappa shape index (κ2) is 8.73. The van der Waals surface area contributed by atoms with E-state index >= 15 is 0 Å². The quantitative estimate of drug-likeness (QED) is 0.542. The average Bonchev–Trinajstić information content (AvgIpc) is 2.65. The van der Waals surface area contributed by atoms with Crippen LogP contribution in [0.3, 0.4) is 0 Å². The highest BCUT2D eigenvalue weighted by atomic mass is 16.5. The largest absolute Gasteiger partial charge is 0.496 e. The van der Waals surface area contributed by atoms with Gasteiger partial charge in [0.1, 0.15) is 5.75 Å². The highest BCUT2D eigenvalue weighted by Crippen LogP contribution is 2.27. The number of methoxy groups -OCH3 is 3. The van der Waals surface area contributed by atoms with Gasteiger partial charge in [-0.1, -0.05) is 18.2 Å². The molecular weight excluding hydrogens is 324 g/mol. The lowest BCUT2D eigenvalue weighted by Gasteiger charge is -2.10. The van der Waals surface area contributed by atoms with Crippen molar-refractivity contribution in [3.05, 3.63) is 53.6 Å². The van der Waals surface area contributed by atoms with Gasteiger partial charge >= 0.3 is 5.97 Å². The summed E-state index contributed by atoms with van der Waals surface area (Å²) in [6.45, 7) is -0.341. The number of carbonyl (C=O) groups excluding carboxylic acids is 2. The number of ketones is 1. The number of carbonyl (C=O) groups is 2. The van der Waals surface area contributed by atoms with Gasteiger partial charge in [-0.25, -0.2) is 0 Å². The first kappa shape index (κ1) is 18.3. The Hall–Kier alpha value is -3.02. The van der Waals surface area contributed by atoms with E-state index in [1.165, 1.54) is 21.3 Å². The van der Waals surface area contributed by atoms with E-state index in [0.717, 1.165) is 0 Å². The van der Waals surface area contributed by atoms with Crippen LogP contribution in [0.5, 0.6) is 17.2 Å². The topological polar surface area (TPSA) is 71.1 Å². The third-order valence-electron chi connectivity index (χ3n) is 3.57. The summed E-state index contributed by atoms with van der Waals surface area (Å²) in [5, 5.41) is 0. The molecule has 0 aliphatic carbocycles. The van der Waals surface area contributed by atoms with Crippen LogP contribution < -0.4 is 14.2 Å². The normalized spacial score (nSPS) is 10.0. The van der Waals surface area contributed by atoms with Gasteiger partial charge in [0.2, 0.25) is 5.78 Å². The Morgan fingerprint density at radius 2 is 1.52 bits per heavy atom. The molecule has 2 aromatic rings. The molecule has 0 amide bonds. The molecule has 6 nitrogen and oxygen atoms in total. The van der Waals surface area contributed by atoms with Crippen molar-refractivity contribution in [2.24, 2.45) is 0 Å². The van der Waals surface area contributed by atoms with Crippen LogP contribution in [0.1, 0.15) is 15.9 Å². The van der Waals surface area contributed by atoms with Crippen molar-refractivity contribution in [1.29, 1.82) is 0 Å². The van der Waals surface area contributed by atoms with Gasteiger partial charge in [-0.15, -0.1) is 0 Å². The van der Waals surface area contributed by atoms with Crippen LogP contribution >= 0.6 is 0 Å². The Morgan fingerprint density at radius 3 is 2.20 bits per heavy atom. The number of ether oxygens (including phenoxy) is 4. The molecule has 0 atom stereocenters. The Bertz CT molecular complexity index is 753. The van der Waals surface area contributed by atoms with Crippen LogP contribution in [0.2, 0.25) is 0 Å². The first-order valence-corrected chi connectivity index (χ1v) is 7.61. The van der Waals surface area contributed by atoms with Crippen molar-refractivity contribution < 1.29 is 28.5 Å². The van der Waals surface area contributed by atoms with Gasteiger partial charge in [0.15, 0.2) is 18.1 Å². The zero-order valence-corrected chi connectivity index (χ0v) is 14.4. The van der Waals surface area contributed by atoms with Crippen LogP contribution in [-0.4, -0.2) is 39.7 Å². The Balaban J connectivity index is 1.95. The van der Waals surface area contributed by atoms with Crippen molar-refractivity contribution in [1.82, 2.24) is 0 Å². The number of para-hydroxylation sites is 1. The molecule has 6 heteroatoms. The van der Waals surface area contributed by atoms with E-state index in [-0.39, 0.29) is 18.8 Å². The molecular formula is C19H20O6. The van der Waals surface area contributed by atoms with Crippen molar-refractivity contribution in [2.75, 3.05) is 27.9 Å². The van der Waals surface area contributed by atoms with Gasteiger partial charge in [-0.3, -0.25) is 9.59 Å². The van der Waals surface area contributed by atoms with Crippen LogP contribution in [0, 0.1) is 0 Å². The van der Waals surface area contributed by atoms with Gasteiger partial charge in [-0.2, -0.15) is 0 Å². The lowest BCUT2D eigenvalue weighted by molar-refractivity contribution is -0.141. The molecule has 25 heavy (non-hydrogen) atoms. The fraction of sp³-hybridized carbons (Fsp3) is 0.263. The van der Waals surface area contributed by atoms with Gasteiger partial charge in [0.25, 0.3) is 0 Å². The summed E-state index contributed by atoms with van der Waals surface area (Å²) >= 11 is 0. The molecule has 0 saturated carbocycles. The third-order valence-corrected chi connectivity index (χ3v) is 3.57. The number of rotatable bonds is 8. The van der Waals surface area contributed by atoms with Gasteiger partial charge in [0.05, 0.1) is 33.3 Å². The summed E-state index contributed by atoms with van der Waals surface area (Å²) in [5.74, 6) is 0.723. The van der Waals surface area contributed by atoms with Gasteiger partial charge in [0, 0.05) is 0 Å². The fourth-order valence-corrected chi connectivity index (χ4v) is 2.31. The highest BCUT2D eigenvalue weighted by Gasteiger charge is 2.15. The van der Waals surface area contributed by atoms with Gasteiger partial charge in [-0.05, 0) is 29.8 Å². The molecule has 0 saturated heterocycles. The minimum Gasteiger partial charge on any atom is -0.496 e. The SMILES string of the molecule is COc1ccc(CC(=O)OCC(=O)c2ccccc2OC)cc1OC. The monoisotopic (exact) mass is 344 g/mol. The van der Waals surface area contributed by atoms with Gasteiger partial charge < -0.3 is 18.9 Å². The van der Waals surface area contributed by atoms with Crippen LogP contribution in [-0.2, 0) is 16.0 Å². The van der Waals surface area contributed by atoms with Crippen LogP contribution in [0.25, 0.3) is 0 Å². The molecule has 0 bridgehead atoms. The minimum absolute atomic E-state index is 0.0273. The molecule has 0 aliphatic rings. The van der Waals surface area contributed by atoms with E-state index in [1.807, 2.05) is 0 Å². The Kier molecular flexibility index (Phi) is 6.39. The molecule has 132 valence electrons. The first-order chi connectivity index (χ1) is 12.1. The van der Waals surface area contributed by atoms with Crippen molar-refractivity contribution in [3.8, 4) is 17.2 Å². The maximum Gasteiger partial charge on any atom is 0.310 e. The number of hydrogen-bond donors (Lipinski definition) is 0. The van der Waals surface area contributed by atoms with E-state index in [2.05, 4.69) is 0 Å². The maximum atomic E-state index is 12.2. The van der Waals surface area contributed by atoms with Crippen LogP contribution in [0.4, 0.5) is 0 Å². The van der Waals surface area contributed by atoms with Crippen molar-refractivity contribution in [2.45, 2.75) is 6.42 Å². The molecule has 0 N–H and O–H groups in total. The molecule has 0 heterocycles. The lowest BCUT2D eigenvalue weighted by atomic mass is 10.1. The third kappa shape index (κ3) is 4.73. The van der Waals surface area contributed by atoms with Crippen molar-refractivity contribution >= 4 is 11.8 Å². The molecule has 2 rings (SSSR count). The lowest BCUT2D eigenvalue weighted by Crippen LogP contribution is -2.16. The summed E-state index contributed by atoms with van der Waals surface area (Å²) in [5.41, 5.74) is 1.08.